The molecule has 0 aliphatic carbocycles. The fourth-order valence-electron chi connectivity index (χ4n) is 0.976. The van der Waals surface area contributed by atoms with E-state index in [1.807, 2.05) is 0 Å². The Morgan fingerprint density at radius 1 is 1.31 bits per heavy atom. The molecule has 1 aromatic heterocycles. The number of hydrogen-bond donors (Lipinski definition) is 2. The number of hydrogen-bond acceptors (Lipinski definition) is 4. The highest BCUT2D eigenvalue weighted by molar-refractivity contribution is 5.41. The molecule has 4 heteroatoms. The second-order valence-corrected chi connectivity index (χ2v) is 3.93. The maximum absolute atomic E-state index is 5.53. The number of rotatable bonds is 2. The van der Waals surface area contributed by atoms with Crippen molar-refractivity contribution in [1.29, 1.82) is 0 Å². The molecule has 0 aliphatic rings. The number of nitrogens with zero attached hydrogens (tertiary/aromatic N) is 2. The molecule has 3 N–H and O–H groups in total. The van der Waals surface area contributed by atoms with Crippen LogP contribution < -0.4 is 11.1 Å². The lowest BCUT2D eigenvalue weighted by atomic mass is 10.1. The van der Waals surface area contributed by atoms with Crippen LogP contribution in [0.25, 0.3) is 0 Å². The predicted octanol–water partition coefficient (Wildman–Crippen LogP) is 1.15. The van der Waals surface area contributed by atoms with Gasteiger partial charge in [0.25, 0.3) is 0 Å². The Morgan fingerprint density at radius 2 is 1.92 bits per heavy atom. The Morgan fingerprint density at radius 3 is 2.46 bits per heavy atom. The fourth-order valence-corrected chi connectivity index (χ4v) is 0.976. The molecule has 72 valence electrons. The fraction of sp³-hybridized carbons (Fsp3) is 0.556. The number of anilines is 1. The molecule has 0 saturated heterocycles. The van der Waals surface area contributed by atoms with E-state index in [2.05, 4.69) is 36.1 Å². The Bertz CT molecular complexity index is 277. The summed E-state index contributed by atoms with van der Waals surface area (Å²) in [6, 6.07) is 0. The minimum atomic E-state index is -0.0139. The van der Waals surface area contributed by atoms with Gasteiger partial charge in [0.05, 0.1) is 5.69 Å². The molecule has 0 radical (unpaired) electrons. The van der Waals surface area contributed by atoms with Crippen molar-refractivity contribution < 1.29 is 0 Å². The quantitative estimate of drug-likeness (QED) is 0.716. The summed E-state index contributed by atoms with van der Waals surface area (Å²) in [4.78, 5) is 8.31. The van der Waals surface area contributed by atoms with Crippen LogP contribution in [0.1, 0.15) is 26.5 Å². The molecule has 0 spiro atoms. The third-order valence-electron chi connectivity index (χ3n) is 1.46. The molecule has 0 aliphatic heterocycles. The molecule has 13 heavy (non-hydrogen) atoms. The van der Waals surface area contributed by atoms with Crippen molar-refractivity contribution in [1.82, 2.24) is 9.97 Å². The standard InChI is InChI=1S/C9H16N4/c1-9(2,3)13-8-7(6-10)11-4-5-12-8/h4-5H,6,10H2,1-3H3,(H,12,13). The molecule has 0 atom stereocenters. The lowest BCUT2D eigenvalue weighted by Crippen LogP contribution is -2.28. The van der Waals surface area contributed by atoms with Gasteiger partial charge in [-0.2, -0.15) is 0 Å². The van der Waals surface area contributed by atoms with Crippen molar-refractivity contribution in [2.75, 3.05) is 5.32 Å². The van der Waals surface area contributed by atoms with Gasteiger partial charge in [0, 0.05) is 24.5 Å². The molecule has 4 nitrogen and oxygen atoms in total. The molecule has 0 unspecified atom stereocenters. The van der Waals surface area contributed by atoms with Gasteiger partial charge in [0.2, 0.25) is 0 Å². The van der Waals surface area contributed by atoms with Gasteiger partial charge < -0.3 is 11.1 Å². The number of nitrogens with two attached hydrogens (primary N) is 1. The first kappa shape index (κ1) is 9.92. The zero-order chi connectivity index (χ0) is 9.90. The first-order valence-electron chi connectivity index (χ1n) is 4.31. The molecule has 0 saturated carbocycles. The second-order valence-electron chi connectivity index (χ2n) is 3.93. The van der Waals surface area contributed by atoms with E-state index in [1.165, 1.54) is 0 Å². The smallest absolute Gasteiger partial charge is 0.149 e. The van der Waals surface area contributed by atoms with E-state index in [-0.39, 0.29) is 5.54 Å². The SMILES string of the molecule is CC(C)(C)Nc1nccnc1CN. The van der Waals surface area contributed by atoms with Gasteiger partial charge in [0.15, 0.2) is 0 Å². The van der Waals surface area contributed by atoms with Crippen molar-refractivity contribution in [3.05, 3.63) is 18.1 Å². The van der Waals surface area contributed by atoms with Crippen molar-refractivity contribution in [3.63, 3.8) is 0 Å². The average Bonchev–Trinajstić information content (AvgIpc) is 2.02. The monoisotopic (exact) mass is 180 g/mol. The Hall–Kier alpha value is -1.16. The molecule has 1 rings (SSSR count). The van der Waals surface area contributed by atoms with Crippen molar-refractivity contribution >= 4 is 5.82 Å². The first-order chi connectivity index (χ1) is 6.03. The summed E-state index contributed by atoms with van der Waals surface area (Å²) in [5, 5.41) is 3.25. The first-order valence-corrected chi connectivity index (χ1v) is 4.31. The van der Waals surface area contributed by atoms with Gasteiger partial charge >= 0.3 is 0 Å². The third-order valence-corrected chi connectivity index (χ3v) is 1.46. The normalized spacial score (nSPS) is 11.4. The Kier molecular flexibility index (Phi) is 2.83. The summed E-state index contributed by atoms with van der Waals surface area (Å²) in [5.74, 6) is 0.775. The van der Waals surface area contributed by atoms with Crippen LogP contribution in [0, 0.1) is 0 Å². The Balaban J connectivity index is 2.87. The van der Waals surface area contributed by atoms with Crippen LogP contribution in [0.2, 0.25) is 0 Å². The second kappa shape index (κ2) is 3.70. The molecule has 0 amide bonds. The van der Waals surface area contributed by atoms with E-state index in [9.17, 15) is 0 Å². The number of nitrogens with one attached hydrogen (secondary N) is 1. The van der Waals surface area contributed by atoms with Crippen molar-refractivity contribution in [2.24, 2.45) is 5.73 Å². The zero-order valence-corrected chi connectivity index (χ0v) is 8.33. The topological polar surface area (TPSA) is 63.8 Å². The van der Waals surface area contributed by atoms with Crippen LogP contribution in [-0.2, 0) is 6.54 Å². The molecule has 1 heterocycles. The summed E-state index contributed by atoms with van der Waals surface area (Å²) >= 11 is 0. The summed E-state index contributed by atoms with van der Waals surface area (Å²) in [6.45, 7) is 6.62. The van der Waals surface area contributed by atoms with E-state index in [1.54, 1.807) is 12.4 Å². The van der Waals surface area contributed by atoms with Crippen molar-refractivity contribution in [3.8, 4) is 0 Å². The van der Waals surface area contributed by atoms with Crippen LogP contribution in [0.3, 0.4) is 0 Å². The van der Waals surface area contributed by atoms with E-state index in [4.69, 9.17) is 5.73 Å². The van der Waals surface area contributed by atoms with Gasteiger partial charge in [-0.3, -0.25) is 4.98 Å². The predicted molar refractivity (Wildman–Crippen MR) is 53.3 cm³/mol. The molecule has 0 bridgehead atoms. The van der Waals surface area contributed by atoms with E-state index < -0.39 is 0 Å². The van der Waals surface area contributed by atoms with Gasteiger partial charge in [-0.05, 0) is 20.8 Å². The lowest BCUT2D eigenvalue weighted by molar-refractivity contribution is 0.627. The highest BCUT2D eigenvalue weighted by atomic mass is 15.1. The summed E-state index contributed by atoms with van der Waals surface area (Å²) in [5.41, 5.74) is 6.32. The highest BCUT2D eigenvalue weighted by Crippen LogP contribution is 2.13. The van der Waals surface area contributed by atoms with Gasteiger partial charge in [-0.25, -0.2) is 4.98 Å². The minimum Gasteiger partial charge on any atom is -0.364 e. The maximum Gasteiger partial charge on any atom is 0.149 e. The van der Waals surface area contributed by atoms with Crippen LogP contribution in [0.5, 0.6) is 0 Å². The summed E-state index contributed by atoms with van der Waals surface area (Å²) in [7, 11) is 0. The molecule has 0 fully saturated rings. The van der Waals surface area contributed by atoms with E-state index in [0.29, 0.717) is 6.54 Å². The summed E-state index contributed by atoms with van der Waals surface area (Å²) < 4.78 is 0. The number of aromatic nitrogens is 2. The van der Waals surface area contributed by atoms with Gasteiger partial charge in [0.1, 0.15) is 5.82 Å². The van der Waals surface area contributed by atoms with Crippen LogP contribution in [0.4, 0.5) is 5.82 Å². The summed E-state index contributed by atoms with van der Waals surface area (Å²) in [6.07, 6.45) is 3.31. The van der Waals surface area contributed by atoms with Crippen molar-refractivity contribution in [2.45, 2.75) is 32.9 Å². The zero-order valence-electron chi connectivity index (χ0n) is 8.33. The Labute approximate surface area is 78.6 Å². The van der Waals surface area contributed by atoms with Crippen LogP contribution in [0.15, 0.2) is 12.4 Å². The van der Waals surface area contributed by atoms with Gasteiger partial charge in [-0.15, -0.1) is 0 Å². The highest BCUT2D eigenvalue weighted by Gasteiger charge is 2.12. The third kappa shape index (κ3) is 2.99. The van der Waals surface area contributed by atoms with Crippen LogP contribution >= 0.6 is 0 Å². The minimum absolute atomic E-state index is 0.0139. The van der Waals surface area contributed by atoms with Crippen LogP contribution in [-0.4, -0.2) is 15.5 Å². The molecular weight excluding hydrogens is 164 g/mol. The van der Waals surface area contributed by atoms with Gasteiger partial charge in [-0.1, -0.05) is 0 Å². The van der Waals surface area contributed by atoms with E-state index >= 15 is 0 Å². The maximum atomic E-state index is 5.53. The molecule has 0 aromatic carbocycles. The lowest BCUT2D eigenvalue weighted by Gasteiger charge is -2.22. The largest absolute Gasteiger partial charge is 0.364 e. The average molecular weight is 180 g/mol. The van der Waals surface area contributed by atoms with E-state index in [0.717, 1.165) is 11.5 Å². The molecular formula is C9H16N4. The molecule has 1 aromatic rings.